The molecule has 4 heteroatoms. The maximum atomic E-state index is 11.2. The maximum Gasteiger partial charge on any atom is 0.337 e. The number of hydrogen-bond acceptors (Lipinski definition) is 4. The summed E-state index contributed by atoms with van der Waals surface area (Å²) < 4.78 is 10.2. The van der Waals surface area contributed by atoms with Crippen LogP contribution >= 0.6 is 0 Å². The van der Waals surface area contributed by atoms with Gasteiger partial charge in [-0.2, -0.15) is 0 Å². The van der Waals surface area contributed by atoms with E-state index in [1.807, 2.05) is 6.08 Å². The molecule has 0 heterocycles. The summed E-state index contributed by atoms with van der Waals surface area (Å²) in [6, 6.07) is 6.72. The van der Waals surface area contributed by atoms with Crippen molar-refractivity contribution in [2.24, 2.45) is 0 Å². The number of aliphatic hydroxyl groups is 1. The number of carbonyl (C=O) groups excluding carboxylic acids is 1. The molecule has 0 aromatic heterocycles. The van der Waals surface area contributed by atoms with Crippen LogP contribution < -0.4 is 4.74 Å². The first-order valence-electron chi connectivity index (χ1n) is 5.40. The number of methoxy groups -OCH3 is 1. The van der Waals surface area contributed by atoms with Crippen molar-refractivity contribution in [2.75, 3.05) is 7.11 Å². The Bertz CT molecular complexity index is 422. The van der Waals surface area contributed by atoms with E-state index >= 15 is 0 Å². The van der Waals surface area contributed by atoms with Crippen LogP contribution in [0.4, 0.5) is 0 Å². The molecule has 0 spiro atoms. The van der Waals surface area contributed by atoms with E-state index in [-0.39, 0.29) is 12.1 Å². The highest BCUT2D eigenvalue weighted by atomic mass is 16.5. The van der Waals surface area contributed by atoms with Crippen LogP contribution in [-0.4, -0.2) is 30.4 Å². The van der Waals surface area contributed by atoms with Crippen LogP contribution in [0.1, 0.15) is 16.8 Å². The Labute approximate surface area is 99.5 Å². The monoisotopic (exact) mass is 234 g/mol. The van der Waals surface area contributed by atoms with Crippen LogP contribution in [0.25, 0.3) is 0 Å². The summed E-state index contributed by atoms with van der Waals surface area (Å²) in [5, 5.41) is 9.30. The second kappa shape index (κ2) is 5.01. The minimum atomic E-state index is -0.422. The number of ether oxygens (including phenoxy) is 2. The van der Waals surface area contributed by atoms with E-state index in [2.05, 4.69) is 4.74 Å². The lowest BCUT2D eigenvalue weighted by Crippen LogP contribution is -2.14. The minimum absolute atomic E-state index is 0.103. The summed E-state index contributed by atoms with van der Waals surface area (Å²) in [5.41, 5.74) is 0.488. The SMILES string of the molecule is COC(=O)c1ccc(O[C@@H]2C=C[C@@H](O)C2)cc1. The topological polar surface area (TPSA) is 55.8 Å². The molecule has 0 aliphatic heterocycles. The van der Waals surface area contributed by atoms with Gasteiger partial charge in [0.25, 0.3) is 0 Å². The molecule has 2 rings (SSSR count). The van der Waals surface area contributed by atoms with Gasteiger partial charge >= 0.3 is 5.97 Å². The lowest BCUT2D eigenvalue weighted by atomic mass is 10.2. The standard InChI is InChI=1S/C13H14O4/c1-16-13(15)9-2-5-11(6-3-9)17-12-7-4-10(14)8-12/h2-7,10,12,14H,8H2,1H3/t10-,12-/m1/s1. The van der Waals surface area contributed by atoms with E-state index in [1.165, 1.54) is 7.11 Å². The van der Waals surface area contributed by atoms with E-state index in [1.54, 1.807) is 30.3 Å². The van der Waals surface area contributed by atoms with Crippen molar-refractivity contribution in [3.8, 4) is 5.75 Å². The Kier molecular flexibility index (Phi) is 3.44. The summed E-state index contributed by atoms with van der Waals surface area (Å²) in [6.45, 7) is 0. The van der Waals surface area contributed by atoms with Gasteiger partial charge in [0, 0.05) is 6.42 Å². The molecular formula is C13H14O4. The van der Waals surface area contributed by atoms with E-state index in [0.717, 1.165) is 0 Å². The number of hydrogen-bond donors (Lipinski definition) is 1. The Hall–Kier alpha value is -1.81. The number of rotatable bonds is 3. The minimum Gasteiger partial charge on any atom is -0.486 e. The summed E-state index contributed by atoms with van der Waals surface area (Å²) in [5.74, 6) is 0.300. The van der Waals surface area contributed by atoms with Crippen molar-refractivity contribution >= 4 is 5.97 Å². The van der Waals surface area contributed by atoms with Crippen LogP contribution in [0.2, 0.25) is 0 Å². The Morgan fingerprint density at radius 1 is 1.29 bits per heavy atom. The van der Waals surface area contributed by atoms with E-state index in [4.69, 9.17) is 4.74 Å². The lowest BCUT2D eigenvalue weighted by Gasteiger charge is -2.12. The van der Waals surface area contributed by atoms with Gasteiger partial charge in [0.05, 0.1) is 18.8 Å². The van der Waals surface area contributed by atoms with Gasteiger partial charge in [-0.3, -0.25) is 0 Å². The average molecular weight is 234 g/mol. The summed E-state index contributed by atoms with van der Waals surface area (Å²) in [7, 11) is 1.34. The van der Waals surface area contributed by atoms with E-state index < -0.39 is 6.10 Å². The van der Waals surface area contributed by atoms with Crippen LogP contribution in [-0.2, 0) is 4.74 Å². The smallest absolute Gasteiger partial charge is 0.337 e. The van der Waals surface area contributed by atoms with Crippen molar-refractivity contribution in [1.29, 1.82) is 0 Å². The second-order valence-corrected chi connectivity index (χ2v) is 3.86. The van der Waals surface area contributed by atoms with Crippen molar-refractivity contribution in [1.82, 2.24) is 0 Å². The third-order valence-electron chi connectivity index (χ3n) is 2.58. The highest BCUT2D eigenvalue weighted by Crippen LogP contribution is 2.20. The zero-order valence-corrected chi connectivity index (χ0v) is 9.50. The third-order valence-corrected chi connectivity index (χ3v) is 2.58. The molecule has 0 amide bonds. The molecule has 17 heavy (non-hydrogen) atoms. The third kappa shape index (κ3) is 2.85. The van der Waals surface area contributed by atoms with Crippen LogP contribution in [0.5, 0.6) is 5.75 Å². The molecule has 1 aliphatic carbocycles. The largest absolute Gasteiger partial charge is 0.486 e. The van der Waals surface area contributed by atoms with Gasteiger partial charge < -0.3 is 14.6 Å². The van der Waals surface area contributed by atoms with Gasteiger partial charge in [-0.05, 0) is 30.3 Å². The molecule has 1 aromatic carbocycles. The molecule has 2 atom stereocenters. The Morgan fingerprint density at radius 2 is 2.00 bits per heavy atom. The molecule has 1 aromatic rings. The fraction of sp³-hybridized carbons (Fsp3) is 0.308. The summed E-state index contributed by atoms with van der Waals surface area (Å²) in [4.78, 5) is 11.2. The molecule has 90 valence electrons. The number of esters is 1. The van der Waals surface area contributed by atoms with Gasteiger partial charge in [-0.15, -0.1) is 0 Å². The first kappa shape index (κ1) is 11.7. The van der Waals surface area contributed by atoms with Crippen molar-refractivity contribution in [2.45, 2.75) is 18.6 Å². The molecule has 4 nitrogen and oxygen atoms in total. The van der Waals surface area contributed by atoms with E-state index in [9.17, 15) is 9.90 Å². The summed E-state index contributed by atoms with van der Waals surface area (Å²) >= 11 is 0. The van der Waals surface area contributed by atoms with E-state index in [0.29, 0.717) is 17.7 Å². The van der Waals surface area contributed by atoms with Crippen molar-refractivity contribution in [3.05, 3.63) is 42.0 Å². The number of benzene rings is 1. The van der Waals surface area contributed by atoms with Crippen molar-refractivity contribution in [3.63, 3.8) is 0 Å². The molecule has 0 fully saturated rings. The predicted molar refractivity (Wildman–Crippen MR) is 62.0 cm³/mol. The maximum absolute atomic E-state index is 11.2. The first-order chi connectivity index (χ1) is 8.19. The normalized spacial score (nSPS) is 22.5. The van der Waals surface area contributed by atoms with Gasteiger partial charge in [0.2, 0.25) is 0 Å². The fourth-order valence-corrected chi connectivity index (χ4v) is 1.70. The second-order valence-electron chi connectivity index (χ2n) is 3.86. The Balaban J connectivity index is 1.99. The van der Waals surface area contributed by atoms with Crippen LogP contribution in [0.3, 0.4) is 0 Å². The Morgan fingerprint density at radius 3 is 2.53 bits per heavy atom. The van der Waals surface area contributed by atoms with Gasteiger partial charge in [-0.25, -0.2) is 4.79 Å². The van der Waals surface area contributed by atoms with Gasteiger partial charge in [0.15, 0.2) is 0 Å². The summed E-state index contributed by atoms with van der Waals surface area (Å²) in [6.07, 6.45) is 3.59. The first-order valence-corrected chi connectivity index (χ1v) is 5.40. The van der Waals surface area contributed by atoms with Crippen LogP contribution in [0.15, 0.2) is 36.4 Å². The highest BCUT2D eigenvalue weighted by molar-refractivity contribution is 5.89. The number of aliphatic hydroxyl groups excluding tert-OH is 1. The number of carbonyl (C=O) groups is 1. The zero-order valence-electron chi connectivity index (χ0n) is 9.50. The molecule has 0 saturated heterocycles. The molecule has 0 unspecified atom stereocenters. The predicted octanol–water partition coefficient (Wildman–Crippen LogP) is 1.54. The van der Waals surface area contributed by atoms with Crippen LogP contribution in [0, 0.1) is 0 Å². The molecule has 1 N–H and O–H groups in total. The average Bonchev–Trinajstić information content (AvgIpc) is 2.75. The molecule has 0 bridgehead atoms. The highest BCUT2D eigenvalue weighted by Gasteiger charge is 2.17. The van der Waals surface area contributed by atoms with Crippen molar-refractivity contribution < 1.29 is 19.4 Å². The fourth-order valence-electron chi connectivity index (χ4n) is 1.70. The zero-order chi connectivity index (χ0) is 12.3. The lowest BCUT2D eigenvalue weighted by molar-refractivity contribution is 0.0600. The van der Waals surface area contributed by atoms with Gasteiger partial charge in [0.1, 0.15) is 11.9 Å². The molecule has 0 saturated carbocycles. The molecule has 0 radical (unpaired) electrons. The molecular weight excluding hydrogens is 220 g/mol. The quantitative estimate of drug-likeness (QED) is 0.636. The molecule has 1 aliphatic rings. The van der Waals surface area contributed by atoms with Gasteiger partial charge in [-0.1, -0.05) is 6.08 Å².